The van der Waals surface area contributed by atoms with Gasteiger partial charge in [0.25, 0.3) is 0 Å². The Labute approximate surface area is 177 Å². The van der Waals surface area contributed by atoms with Gasteiger partial charge in [0.2, 0.25) is 5.91 Å². The Bertz CT molecular complexity index is 870. The highest BCUT2D eigenvalue weighted by atomic mass is 19.1. The smallest absolute Gasteiger partial charge is 0.337 e. The minimum absolute atomic E-state index is 0.158. The number of hydrogen-bond donors (Lipinski definition) is 1. The van der Waals surface area contributed by atoms with E-state index in [0.717, 1.165) is 5.56 Å². The number of ether oxygens (including phenoxy) is 2. The third-order valence-corrected chi connectivity index (χ3v) is 4.66. The first-order valence-electron chi connectivity index (χ1n) is 9.91. The highest BCUT2D eigenvalue weighted by Gasteiger charge is 2.29. The zero-order valence-electron chi connectivity index (χ0n) is 18.3. The molecule has 0 aliphatic heterocycles. The van der Waals surface area contributed by atoms with Gasteiger partial charge < -0.3 is 14.8 Å². The van der Waals surface area contributed by atoms with E-state index in [-0.39, 0.29) is 24.3 Å². The second-order valence-electron chi connectivity index (χ2n) is 8.52. The average molecular weight is 416 g/mol. The second kappa shape index (κ2) is 9.74. The first-order valence-corrected chi connectivity index (χ1v) is 9.91. The molecule has 1 N–H and O–H groups in total. The fourth-order valence-corrected chi connectivity index (χ4v) is 3.48. The molecule has 6 heteroatoms. The lowest BCUT2D eigenvalue weighted by molar-refractivity contribution is -0.116. The molecule has 0 bridgehead atoms. The van der Waals surface area contributed by atoms with Crippen molar-refractivity contribution in [2.75, 3.05) is 19.0 Å². The SMILES string of the molecule is COC(=O)c1cccc(NC(=O)CCOc2ccc(C(C)(C)CC(C)(C)F)cc2)c1. The van der Waals surface area contributed by atoms with Gasteiger partial charge >= 0.3 is 5.97 Å². The van der Waals surface area contributed by atoms with Crippen molar-refractivity contribution in [3.63, 3.8) is 0 Å². The minimum atomic E-state index is -1.25. The summed E-state index contributed by atoms with van der Waals surface area (Å²) < 4.78 is 24.4. The van der Waals surface area contributed by atoms with Crippen LogP contribution in [0.5, 0.6) is 5.75 Å². The number of halogens is 1. The van der Waals surface area contributed by atoms with E-state index in [1.807, 2.05) is 38.1 Å². The van der Waals surface area contributed by atoms with Gasteiger partial charge in [0.1, 0.15) is 11.4 Å². The summed E-state index contributed by atoms with van der Waals surface area (Å²) in [7, 11) is 1.31. The van der Waals surface area contributed by atoms with Crippen molar-refractivity contribution in [2.24, 2.45) is 0 Å². The topological polar surface area (TPSA) is 64.6 Å². The molecular formula is C24H30FNO4. The Morgan fingerprint density at radius 1 is 1.03 bits per heavy atom. The van der Waals surface area contributed by atoms with Crippen molar-refractivity contribution in [1.82, 2.24) is 0 Å². The molecule has 0 aliphatic rings. The maximum Gasteiger partial charge on any atom is 0.337 e. The summed E-state index contributed by atoms with van der Waals surface area (Å²) in [5.41, 5.74) is 0.373. The summed E-state index contributed by atoms with van der Waals surface area (Å²) >= 11 is 0. The second-order valence-corrected chi connectivity index (χ2v) is 8.52. The molecular weight excluding hydrogens is 385 g/mol. The molecule has 2 aromatic carbocycles. The van der Waals surface area contributed by atoms with E-state index in [0.29, 0.717) is 23.4 Å². The van der Waals surface area contributed by atoms with Gasteiger partial charge in [-0.1, -0.05) is 32.0 Å². The maximum atomic E-state index is 14.0. The van der Waals surface area contributed by atoms with Crippen LogP contribution < -0.4 is 10.1 Å². The van der Waals surface area contributed by atoms with Crippen molar-refractivity contribution in [2.45, 2.75) is 51.6 Å². The summed E-state index contributed by atoms with van der Waals surface area (Å²) in [6.45, 7) is 7.42. The number of benzene rings is 2. The number of hydrogen-bond acceptors (Lipinski definition) is 4. The summed E-state index contributed by atoms with van der Waals surface area (Å²) in [5.74, 6) is -0.0365. The predicted octanol–water partition coefficient (Wildman–Crippen LogP) is 5.30. The van der Waals surface area contributed by atoms with Crippen LogP contribution in [0.2, 0.25) is 0 Å². The standard InChI is InChI=1S/C24H30FNO4/c1-23(2,16-24(3,4)25)18-9-11-20(12-10-18)30-14-13-21(27)26-19-8-6-7-17(15-19)22(28)29-5/h6-12,15H,13-14,16H2,1-5H3,(H,26,27). The van der Waals surface area contributed by atoms with Crippen LogP contribution in [0.3, 0.4) is 0 Å². The largest absolute Gasteiger partial charge is 0.493 e. The van der Waals surface area contributed by atoms with Crippen LogP contribution in [0.1, 0.15) is 56.5 Å². The number of carbonyl (C=O) groups is 2. The highest BCUT2D eigenvalue weighted by Crippen LogP contribution is 2.34. The van der Waals surface area contributed by atoms with E-state index in [1.54, 1.807) is 38.1 Å². The summed E-state index contributed by atoms with van der Waals surface area (Å²) in [5, 5.41) is 2.74. The lowest BCUT2D eigenvalue weighted by Crippen LogP contribution is -2.27. The Kier molecular flexibility index (Phi) is 7.59. The van der Waals surface area contributed by atoms with Gasteiger partial charge in [-0.2, -0.15) is 0 Å². The van der Waals surface area contributed by atoms with Crippen LogP contribution in [0, 0.1) is 0 Å². The van der Waals surface area contributed by atoms with Crippen LogP contribution in [0.15, 0.2) is 48.5 Å². The molecule has 162 valence electrons. The van der Waals surface area contributed by atoms with Crippen LogP contribution >= 0.6 is 0 Å². The fourth-order valence-electron chi connectivity index (χ4n) is 3.48. The van der Waals surface area contributed by atoms with Crippen molar-refractivity contribution >= 4 is 17.6 Å². The average Bonchev–Trinajstić information content (AvgIpc) is 2.66. The molecule has 30 heavy (non-hydrogen) atoms. The Morgan fingerprint density at radius 3 is 2.30 bits per heavy atom. The van der Waals surface area contributed by atoms with E-state index >= 15 is 0 Å². The van der Waals surface area contributed by atoms with Gasteiger partial charge in [-0.15, -0.1) is 0 Å². The zero-order valence-corrected chi connectivity index (χ0v) is 18.3. The lowest BCUT2D eigenvalue weighted by Gasteiger charge is -2.30. The Balaban J connectivity index is 1.85. The quantitative estimate of drug-likeness (QED) is 0.565. The molecule has 0 atom stereocenters. The zero-order chi connectivity index (χ0) is 22.4. The molecule has 2 rings (SSSR count). The normalized spacial score (nSPS) is 11.7. The molecule has 0 saturated carbocycles. The minimum Gasteiger partial charge on any atom is -0.493 e. The molecule has 0 spiro atoms. The van der Waals surface area contributed by atoms with E-state index < -0.39 is 11.6 Å². The molecule has 0 radical (unpaired) electrons. The third-order valence-electron chi connectivity index (χ3n) is 4.66. The van der Waals surface area contributed by atoms with E-state index in [9.17, 15) is 14.0 Å². The van der Waals surface area contributed by atoms with Gasteiger partial charge in [0.15, 0.2) is 0 Å². The van der Waals surface area contributed by atoms with E-state index in [2.05, 4.69) is 10.1 Å². The van der Waals surface area contributed by atoms with Gasteiger partial charge in [-0.3, -0.25) is 4.79 Å². The monoisotopic (exact) mass is 415 g/mol. The van der Waals surface area contributed by atoms with Gasteiger partial charge in [0.05, 0.1) is 25.7 Å². The number of esters is 1. The van der Waals surface area contributed by atoms with Crippen LogP contribution in [0.25, 0.3) is 0 Å². The Hall–Kier alpha value is -2.89. The molecule has 0 saturated heterocycles. The third kappa shape index (κ3) is 7.17. The number of methoxy groups -OCH3 is 1. The summed E-state index contributed by atoms with van der Waals surface area (Å²) in [4.78, 5) is 23.7. The molecule has 2 aromatic rings. The lowest BCUT2D eigenvalue weighted by atomic mass is 9.77. The summed E-state index contributed by atoms with van der Waals surface area (Å²) in [6, 6.07) is 14.1. The molecule has 0 aromatic heterocycles. The van der Waals surface area contributed by atoms with Gasteiger partial charge in [-0.25, -0.2) is 9.18 Å². The van der Waals surface area contributed by atoms with Gasteiger partial charge in [-0.05, 0) is 61.6 Å². The van der Waals surface area contributed by atoms with Crippen LogP contribution in [0.4, 0.5) is 10.1 Å². The van der Waals surface area contributed by atoms with Crippen molar-refractivity contribution in [1.29, 1.82) is 0 Å². The van der Waals surface area contributed by atoms with Crippen molar-refractivity contribution < 1.29 is 23.5 Å². The number of alkyl halides is 1. The fraction of sp³-hybridized carbons (Fsp3) is 0.417. The van der Waals surface area contributed by atoms with Crippen molar-refractivity contribution in [3.8, 4) is 5.75 Å². The number of anilines is 1. The first-order chi connectivity index (χ1) is 14.0. The number of nitrogens with one attached hydrogen (secondary N) is 1. The summed E-state index contributed by atoms with van der Waals surface area (Å²) in [6.07, 6.45) is 0.573. The molecule has 5 nitrogen and oxygen atoms in total. The molecule has 0 unspecified atom stereocenters. The van der Waals surface area contributed by atoms with Gasteiger partial charge in [0, 0.05) is 5.69 Å². The number of carbonyl (C=O) groups excluding carboxylic acids is 2. The molecule has 0 fully saturated rings. The predicted molar refractivity (Wildman–Crippen MR) is 116 cm³/mol. The maximum absolute atomic E-state index is 14.0. The highest BCUT2D eigenvalue weighted by molar-refractivity contribution is 5.94. The molecule has 0 aliphatic carbocycles. The molecule has 0 heterocycles. The van der Waals surface area contributed by atoms with Crippen molar-refractivity contribution in [3.05, 3.63) is 59.7 Å². The molecule has 1 amide bonds. The Morgan fingerprint density at radius 2 is 1.70 bits per heavy atom. The number of amides is 1. The van der Waals surface area contributed by atoms with Crippen LogP contribution in [-0.4, -0.2) is 31.3 Å². The van der Waals surface area contributed by atoms with Crippen LogP contribution in [-0.2, 0) is 14.9 Å². The van der Waals surface area contributed by atoms with E-state index in [1.165, 1.54) is 7.11 Å². The first kappa shape index (κ1) is 23.4. The van der Waals surface area contributed by atoms with E-state index in [4.69, 9.17) is 4.74 Å². The number of rotatable bonds is 9.